The summed E-state index contributed by atoms with van der Waals surface area (Å²) in [6.45, 7) is 2.67. The third-order valence-electron chi connectivity index (χ3n) is 6.27. The minimum Gasteiger partial charge on any atom is -0.496 e. The Bertz CT molecular complexity index is 1210. The molecule has 0 bridgehead atoms. The normalized spacial score (nSPS) is 19.4. The van der Waals surface area contributed by atoms with Gasteiger partial charge in [-0.1, -0.05) is 6.07 Å². The van der Waals surface area contributed by atoms with Gasteiger partial charge in [-0.05, 0) is 48.7 Å². The largest absolute Gasteiger partial charge is 0.496 e. The first-order chi connectivity index (χ1) is 16.0. The molecule has 2 N–H and O–H groups in total. The molecule has 1 aromatic heterocycles. The predicted molar refractivity (Wildman–Crippen MR) is 120 cm³/mol. The molecular weight excluding hydrogens is 428 g/mol. The van der Waals surface area contributed by atoms with E-state index in [9.17, 15) is 13.6 Å². The molecule has 2 unspecified atom stereocenters. The summed E-state index contributed by atoms with van der Waals surface area (Å²) in [6, 6.07) is 10.5. The number of nitrogens with one attached hydrogen (secondary N) is 2. The molecule has 2 fully saturated rings. The molecule has 0 spiro atoms. The van der Waals surface area contributed by atoms with E-state index in [-0.39, 0.29) is 22.8 Å². The molecule has 2 aliphatic rings. The SMILES string of the molecule is COc1cccc(F)c1-c1nccc(C(=O)Nc2cc(F)ccc2N2CCC3CNCC32)n1. The number of carbonyl (C=O) groups excluding carboxylic acids is 1. The minimum atomic E-state index is -0.562. The van der Waals surface area contributed by atoms with Gasteiger partial charge in [0, 0.05) is 31.9 Å². The van der Waals surface area contributed by atoms with Gasteiger partial charge < -0.3 is 20.3 Å². The van der Waals surface area contributed by atoms with Crippen LogP contribution in [0.5, 0.6) is 5.75 Å². The Labute approximate surface area is 189 Å². The summed E-state index contributed by atoms with van der Waals surface area (Å²) in [7, 11) is 1.42. The highest BCUT2D eigenvalue weighted by Gasteiger charge is 2.38. The summed E-state index contributed by atoms with van der Waals surface area (Å²) in [6.07, 6.45) is 2.42. The molecule has 2 atom stereocenters. The van der Waals surface area contributed by atoms with Crippen molar-refractivity contribution in [1.82, 2.24) is 15.3 Å². The van der Waals surface area contributed by atoms with Gasteiger partial charge in [-0.25, -0.2) is 18.7 Å². The number of halogens is 2. The van der Waals surface area contributed by atoms with E-state index in [0.717, 1.165) is 31.7 Å². The van der Waals surface area contributed by atoms with E-state index in [1.165, 1.54) is 43.6 Å². The fraction of sp³-hybridized carbons (Fsp3) is 0.292. The van der Waals surface area contributed by atoms with Crippen LogP contribution in [0.4, 0.5) is 20.2 Å². The van der Waals surface area contributed by atoms with Crippen LogP contribution in [-0.2, 0) is 0 Å². The number of hydrogen-bond acceptors (Lipinski definition) is 6. The average molecular weight is 451 g/mol. The first kappa shape index (κ1) is 21.3. The van der Waals surface area contributed by atoms with Crippen molar-refractivity contribution in [2.75, 3.05) is 37.0 Å². The van der Waals surface area contributed by atoms with Gasteiger partial charge in [0.25, 0.3) is 5.91 Å². The maximum atomic E-state index is 14.5. The van der Waals surface area contributed by atoms with Crippen LogP contribution in [-0.4, -0.2) is 48.7 Å². The lowest BCUT2D eigenvalue weighted by Gasteiger charge is -2.28. The van der Waals surface area contributed by atoms with E-state index in [1.54, 1.807) is 12.1 Å². The zero-order chi connectivity index (χ0) is 22.9. The third kappa shape index (κ3) is 4.00. The highest BCUT2D eigenvalue weighted by molar-refractivity contribution is 6.05. The first-order valence-corrected chi connectivity index (χ1v) is 10.8. The monoisotopic (exact) mass is 451 g/mol. The Balaban J connectivity index is 1.45. The van der Waals surface area contributed by atoms with E-state index in [4.69, 9.17) is 4.74 Å². The van der Waals surface area contributed by atoms with E-state index in [0.29, 0.717) is 17.6 Å². The molecule has 3 aromatic rings. The van der Waals surface area contributed by atoms with Crippen LogP contribution in [0.2, 0.25) is 0 Å². The maximum Gasteiger partial charge on any atom is 0.274 e. The topological polar surface area (TPSA) is 79.4 Å². The Kier molecular flexibility index (Phi) is 5.63. The van der Waals surface area contributed by atoms with Crippen molar-refractivity contribution >= 4 is 17.3 Å². The van der Waals surface area contributed by atoms with Gasteiger partial charge >= 0.3 is 0 Å². The second kappa shape index (κ2) is 8.74. The molecule has 0 saturated carbocycles. The van der Waals surface area contributed by atoms with Crippen LogP contribution in [0.1, 0.15) is 16.9 Å². The highest BCUT2D eigenvalue weighted by Crippen LogP contribution is 2.37. The molecule has 2 aliphatic heterocycles. The number of rotatable bonds is 5. The lowest BCUT2D eigenvalue weighted by Crippen LogP contribution is -2.34. The van der Waals surface area contributed by atoms with E-state index in [1.807, 2.05) is 0 Å². The lowest BCUT2D eigenvalue weighted by molar-refractivity contribution is 0.102. The number of hydrogen-bond donors (Lipinski definition) is 2. The van der Waals surface area contributed by atoms with Crippen LogP contribution in [0.25, 0.3) is 11.4 Å². The molecule has 7 nitrogen and oxygen atoms in total. The van der Waals surface area contributed by atoms with Gasteiger partial charge in [-0.15, -0.1) is 0 Å². The number of methoxy groups -OCH3 is 1. The molecule has 2 aromatic carbocycles. The van der Waals surface area contributed by atoms with Crippen LogP contribution in [0, 0.1) is 17.6 Å². The molecule has 3 heterocycles. The zero-order valence-electron chi connectivity index (χ0n) is 18.0. The van der Waals surface area contributed by atoms with Crippen molar-refractivity contribution in [2.45, 2.75) is 12.5 Å². The van der Waals surface area contributed by atoms with Crippen LogP contribution in [0.15, 0.2) is 48.7 Å². The van der Waals surface area contributed by atoms with Crippen molar-refractivity contribution in [3.63, 3.8) is 0 Å². The Morgan fingerprint density at radius 3 is 2.94 bits per heavy atom. The van der Waals surface area contributed by atoms with Gasteiger partial charge in [0.15, 0.2) is 5.82 Å². The number of anilines is 2. The Morgan fingerprint density at radius 1 is 1.21 bits per heavy atom. The summed E-state index contributed by atoms with van der Waals surface area (Å²) in [5, 5.41) is 6.19. The Morgan fingerprint density at radius 2 is 2.09 bits per heavy atom. The van der Waals surface area contributed by atoms with Gasteiger partial charge in [0.1, 0.15) is 23.1 Å². The van der Waals surface area contributed by atoms with Crippen molar-refractivity contribution in [3.8, 4) is 17.1 Å². The molecular formula is C24H23F2N5O2. The van der Waals surface area contributed by atoms with Gasteiger partial charge in [-0.2, -0.15) is 0 Å². The smallest absolute Gasteiger partial charge is 0.274 e. The standard InChI is InChI=1S/C24H23F2N5O2/c1-33-21-4-2-3-16(26)22(21)23-28-9-7-17(29-23)24(32)30-18-11-15(25)5-6-19(18)31-10-8-14-12-27-13-20(14)31/h2-7,9,11,14,20,27H,8,10,12-13H2,1H3,(H,30,32). The van der Waals surface area contributed by atoms with Gasteiger partial charge in [0.05, 0.1) is 24.0 Å². The van der Waals surface area contributed by atoms with E-state index < -0.39 is 17.5 Å². The van der Waals surface area contributed by atoms with Crippen LogP contribution in [0.3, 0.4) is 0 Å². The molecule has 5 rings (SSSR count). The van der Waals surface area contributed by atoms with Gasteiger partial charge in [0.2, 0.25) is 0 Å². The molecule has 9 heteroatoms. The summed E-state index contributed by atoms with van der Waals surface area (Å²) >= 11 is 0. The number of benzene rings is 2. The van der Waals surface area contributed by atoms with E-state index in [2.05, 4.69) is 25.5 Å². The molecule has 33 heavy (non-hydrogen) atoms. The summed E-state index contributed by atoms with van der Waals surface area (Å²) < 4.78 is 33.8. The van der Waals surface area contributed by atoms with Crippen LogP contribution < -0.4 is 20.3 Å². The zero-order valence-corrected chi connectivity index (χ0v) is 18.0. The number of fused-ring (bicyclic) bond motifs is 1. The average Bonchev–Trinajstić information content (AvgIpc) is 3.43. The molecule has 2 saturated heterocycles. The quantitative estimate of drug-likeness (QED) is 0.619. The first-order valence-electron chi connectivity index (χ1n) is 10.8. The number of nitrogens with zero attached hydrogens (tertiary/aromatic N) is 3. The van der Waals surface area contributed by atoms with Crippen molar-refractivity contribution < 1.29 is 18.3 Å². The van der Waals surface area contributed by atoms with Crippen molar-refractivity contribution in [3.05, 3.63) is 66.0 Å². The molecule has 1 amide bonds. The molecule has 170 valence electrons. The summed E-state index contributed by atoms with van der Waals surface area (Å²) in [5.74, 6) is -0.730. The third-order valence-corrected chi connectivity index (χ3v) is 6.27. The molecule has 0 radical (unpaired) electrons. The molecule has 0 aliphatic carbocycles. The second-order valence-electron chi connectivity index (χ2n) is 8.17. The fourth-order valence-electron chi connectivity index (χ4n) is 4.69. The van der Waals surface area contributed by atoms with Crippen LogP contribution >= 0.6 is 0 Å². The van der Waals surface area contributed by atoms with Crippen molar-refractivity contribution in [2.24, 2.45) is 5.92 Å². The number of ether oxygens (including phenoxy) is 1. The van der Waals surface area contributed by atoms with Gasteiger partial charge in [-0.3, -0.25) is 4.79 Å². The summed E-state index contributed by atoms with van der Waals surface area (Å²) in [5.41, 5.74) is 1.24. The number of amides is 1. The minimum absolute atomic E-state index is 0.0245. The fourth-order valence-corrected chi connectivity index (χ4v) is 4.69. The van der Waals surface area contributed by atoms with Crippen molar-refractivity contribution in [1.29, 1.82) is 0 Å². The lowest BCUT2D eigenvalue weighted by atomic mass is 10.0. The predicted octanol–water partition coefficient (Wildman–Crippen LogP) is 3.48. The van der Waals surface area contributed by atoms with E-state index >= 15 is 0 Å². The highest BCUT2D eigenvalue weighted by atomic mass is 19.1. The Hall–Kier alpha value is -3.59. The maximum absolute atomic E-state index is 14.5. The number of aromatic nitrogens is 2. The summed E-state index contributed by atoms with van der Waals surface area (Å²) in [4.78, 5) is 23.6. The number of carbonyl (C=O) groups is 1. The second-order valence-corrected chi connectivity index (χ2v) is 8.17.